The van der Waals surface area contributed by atoms with Crippen LogP contribution in [0.25, 0.3) is 17.1 Å². The highest BCUT2D eigenvalue weighted by molar-refractivity contribution is 7.09. The Kier molecular flexibility index (Phi) is 2.49. The Labute approximate surface area is 103 Å². The molecule has 17 heavy (non-hydrogen) atoms. The van der Waals surface area contributed by atoms with Crippen molar-refractivity contribution in [1.82, 2.24) is 14.5 Å². The Bertz CT molecular complexity index is 625. The number of hydrogen-bond donors (Lipinski definition) is 0. The predicted octanol–water partition coefficient (Wildman–Crippen LogP) is 3.30. The number of thiazole rings is 1. The monoisotopic (exact) mass is 241 g/mol. The van der Waals surface area contributed by atoms with E-state index in [0.29, 0.717) is 0 Å². The van der Waals surface area contributed by atoms with Gasteiger partial charge in [0.25, 0.3) is 0 Å². The molecule has 4 heteroatoms. The maximum Gasteiger partial charge on any atom is 0.152 e. The van der Waals surface area contributed by atoms with Crippen LogP contribution in [-0.2, 0) is 0 Å². The van der Waals surface area contributed by atoms with Crippen molar-refractivity contribution in [3.05, 3.63) is 53.2 Å². The summed E-state index contributed by atoms with van der Waals surface area (Å²) in [7, 11) is 0. The van der Waals surface area contributed by atoms with Gasteiger partial charge in [-0.3, -0.25) is 4.57 Å². The maximum atomic E-state index is 4.39. The van der Waals surface area contributed by atoms with Crippen molar-refractivity contribution in [2.75, 3.05) is 0 Å². The topological polar surface area (TPSA) is 30.7 Å². The number of aryl methyl sites for hydroxylation is 1. The van der Waals surface area contributed by atoms with Gasteiger partial charge in [0.15, 0.2) is 5.82 Å². The zero-order chi connectivity index (χ0) is 11.7. The first-order valence-electron chi connectivity index (χ1n) is 5.34. The quantitative estimate of drug-likeness (QED) is 0.689. The second-order valence-corrected chi connectivity index (χ2v) is 4.81. The molecule has 0 radical (unpaired) electrons. The van der Waals surface area contributed by atoms with Gasteiger partial charge >= 0.3 is 0 Å². The number of rotatable bonds is 2. The van der Waals surface area contributed by atoms with E-state index >= 15 is 0 Å². The van der Waals surface area contributed by atoms with E-state index in [9.17, 15) is 0 Å². The van der Waals surface area contributed by atoms with Crippen molar-refractivity contribution >= 4 is 11.3 Å². The van der Waals surface area contributed by atoms with Crippen molar-refractivity contribution in [3.63, 3.8) is 0 Å². The van der Waals surface area contributed by atoms with Crippen molar-refractivity contribution in [1.29, 1.82) is 0 Å². The Balaban J connectivity index is 2.16. The Morgan fingerprint density at radius 3 is 2.71 bits per heavy atom. The van der Waals surface area contributed by atoms with E-state index in [1.54, 1.807) is 11.3 Å². The van der Waals surface area contributed by atoms with Crippen LogP contribution < -0.4 is 0 Å². The molecular formula is C13H11N3S. The first-order valence-corrected chi connectivity index (χ1v) is 6.22. The lowest BCUT2D eigenvalue weighted by atomic mass is 10.2. The predicted molar refractivity (Wildman–Crippen MR) is 69.4 cm³/mol. The third kappa shape index (κ3) is 1.76. The summed E-state index contributed by atoms with van der Waals surface area (Å²) in [5, 5.41) is 0. The van der Waals surface area contributed by atoms with Crippen molar-refractivity contribution < 1.29 is 0 Å². The van der Waals surface area contributed by atoms with Crippen LogP contribution in [-0.4, -0.2) is 14.5 Å². The molecule has 0 atom stereocenters. The summed E-state index contributed by atoms with van der Waals surface area (Å²) >= 11 is 1.65. The van der Waals surface area contributed by atoms with Gasteiger partial charge in [-0.05, 0) is 6.92 Å². The molecule has 3 rings (SSSR count). The molecule has 0 N–H and O–H groups in total. The number of nitrogens with zero attached hydrogens (tertiary/aromatic N) is 3. The zero-order valence-corrected chi connectivity index (χ0v) is 10.2. The third-order valence-electron chi connectivity index (χ3n) is 2.66. The van der Waals surface area contributed by atoms with Crippen molar-refractivity contribution in [3.8, 4) is 17.1 Å². The van der Waals surface area contributed by atoms with Gasteiger partial charge in [-0.1, -0.05) is 30.3 Å². The lowest BCUT2D eigenvalue weighted by molar-refractivity contribution is 1.00. The number of imidazole rings is 1. The summed E-state index contributed by atoms with van der Waals surface area (Å²) in [6, 6.07) is 10.2. The van der Waals surface area contributed by atoms with Crippen LogP contribution in [0.5, 0.6) is 0 Å². The normalized spacial score (nSPS) is 10.6. The fourth-order valence-electron chi connectivity index (χ4n) is 1.82. The first-order chi connectivity index (χ1) is 8.36. The summed E-state index contributed by atoms with van der Waals surface area (Å²) in [5.41, 5.74) is 4.08. The minimum atomic E-state index is 0.964. The van der Waals surface area contributed by atoms with E-state index in [1.807, 2.05) is 40.8 Å². The van der Waals surface area contributed by atoms with Crippen LogP contribution >= 0.6 is 11.3 Å². The minimum Gasteiger partial charge on any atom is -0.282 e. The van der Waals surface area contributed by atoms with Gasteiger partial charge in [0.2, 0.25) is 0 Å². The molecule has 84 valence electrons. The van der Waals surface area contributed by atoms with Crippen LogP contribution in [0.15, 0.2) is 48.4 Å². The molecule has 0 unspecified atom stereocenters. The highest BCUT2D eigenvalue weighted by Crippen LogP contribution is 2.24. The highest BCUT2D eigenvalue weighted by Gasteiger charge is 2.10. The molecule has 2 heterocycles. The second kappa shape index (κ2) is 4.14. The summed E-state index contributed by atoms with van der Waals surface area (Å²) in [4.78, 5) is 9.80. The maximum absolute atomic E-state index is 4.39. The molecule has 0 spiro atoms. The summed E-state index contributed by atoms with van der Waals surface area (Å²) in [5.74, 6) is 0.964. The Hall–Kier alpha value is -1.94. The molecule has 0 aliphatic carbocycles. The van der Waals surface area contributed by atoms with E-state index in [2.05, 4.69) is 29.0 Å². The van der Waals surface area contributed by atoms with E-state index < -0.39 is 0 Å². The SMILES string of the molecule is Cc1scnc1-n1cncc1-c1ccccc1. The molecule has 0 saturated heterocycles. The van der Waals surface area contributed by atoms with Crippen LogP contribution in [0.2, 0.25) is 0 Å². The lowest BCUT2D eigenvalue weighted by Crippen LogP contribution is -1.96. The molecule has 0 amide bonds. The minimum absolute atomic E-state index is 0.964. The molecule has 0 aliphatic heterocycles. The Morgan fingerprint density at radius 1 is 1.18 bits per heavy atom. The molecule has 2 aromatic heterocycles. The smallest absolute Gasteiger partial charge is 0.152 e. The lowest BCUT2D eigenvalue weighted by Gasteiger charge is -2.06. The highest BCUT2D eigenvalue weighted by atomic mass is 32.1. The van der Waals surface area contributed by atoms with Gasteiger partial charge < -0.3 is 0 Å². The zero-order valence-electron chi connectivity index (χ0n) is 9.37. The second-order valence-electron chi connectivity index (χ2n) is 3.75. The van der Waals surface area contributed by atoms with Crippen LogP contribution in [0.3, 0.4) is 0 Å². The molecular weight excluding hydrogens is 230 g/mol. The van der Waals surface area contributed by atoms with Crippen molar-refractivity contribution in [2.24, 2.45) is 0 Å². The number of benzene rings is 1. The molecule has 0 saturated carbocycles. The van der Waals surface area contributed by atoms with E-state index in [1.165, 1.54) is 4.88 Å². The Morgan fingerprint density at radius 2 is 2.00 bits per heavy atom. The molecule has 3 aromatic rings. The average Bonchev–Trinajstić information content (AvgIpc) is 2.98. The van der Waals surface area contributed by atoms with Gasteiger partial charge in [0.05, 0.1) is 17.4 Å². The van der Waals surface area contributed by atoms with E-state index in [4.69, 9.17) is 0 Å². The first kappa shape index (κ1) is 10.2. The molecule has 0 fully saturated rings. The van der Waals surface area contributed by atoms with Crippen LogP contribution in [0.1, 0.15) is 4.88 Å². The molecule has 3 nitrogen and oxygen atoms in total. The van der Waals surface area contributed by atoms with E-state index in [0.717, 1.165) is 17.1 Å². The van der Waals surface area contributed by atoms with Crippen LogP contribution in [0, 0.1) is 6.92 Å². The largest absolute Gasteiger partial charge is 0.282 e. The van der Waals surface area contributed by atoms with E-state index in [-0.39, 0.29) is 0 Å². The summed E-state index contributed by atoms with van der Waals surface area (Å²) < 4.78 is 2.03. The summed E-state index contributed by atoms with van der Waals surface area (Å²) in [6.45, 7) is 2.07. The standard InChI is InChI=1S/C13H11N3S/c1-10-13(15-9-17-10)16-8-14-7-12(16)11-5-3-2-4-6-11/h2-9H,1H3. The van der Waals surface area contributed by atoms with Crippen molar-refractivity contribution in [2.45, 2.75) is 6.92 Å². The van der Waals surface area contributed by atoms with Gasteiger partial charge in [0, 0.05) is 10.4 Å². The average molecular weight is 241 g/mol. The number of aromatic nitrogens is 3. The van der Waals surface area contributed by atoms with Gasteiger partial charge in [-0.25, -0.2) is 9.97 Å². The van der Waals surface area contributed by atoms with Crippen LogP contribution in [0.4, 0.5) is 0 Å². The molecule has 0 aliphatic rings. The van der Waals surface area contributed by atoms with Gasteiger partial charge in [0.1, 0.15) is 6.33 Å². The number of hydrogen-bond acceptors (Lipinski definition) is 3. The fourth-order valence-corrected chi connectivity index (χ4v) is 2.38. The van der Waals surface area contributed by atoms with Gasteiger partial charge in [-0.15, -0.1) is 11.3 Å². The summed E-state index contributed by atoms with van der Waals surface area (Å²) in [6.07, 6.45) is 3.68. The molecule has 0 bridgehead atoms. The fraction of sp³-hybridized carbons (Fsp3) is 0.0769. The third-order valence-corrected chi connectivity index (χ3v) is 3.40. The van der Waals surface area contributed by atoms with Gasteiger partial charge in [-0.2, -0.15) is 0 Å². The molecule has 1 aromatic carbocycles.